The normalized spacial score (nSPS) is 10.8. The first-order valence-electron chi connectivity index (χ1n) is 15.5. The SMILES string of the molecule is CCOC(=O)C(Cc1ccnnc1)N=C(c1ccccc1)c1ccccc1.CCOC(=O)CN=C(c1ccccc1)c1ccccc1. The van der Waals surface area contributed by atoms with Crippen LogP contribution in [0, 0.1) is 0 Å². The summed E-state index contributed by atoms with van der Waals surface area (Å²) in [5.74, 6) is -0.657. The number of rotatable bonds is 12. The number of carbonyl (C=O) groups is 2. The van der Waals surface area contributed by atoms with Gasteiger partial charge in [0.2, 0.25) is 0 Å². The molecule has 4 aromatic carbocycles. The molecule has 8 heteroatoms. The van der Waals surface area contributed by atoms with Gasteiger partial charge in [-0.25, -0.2) is 4.79 Å². The van der Waals surface area contributed by atoms with Crippen molar-refractivity contribution in [3.05, 3.63) is 168 Å². The van der Waals surface area contributed by atoms with Crippen molar-refractivity contribution in [1.82, 2.24) is 10.2 Å². The fraction of sp³-hybridized carbons (Fsp3) is 0.179. The van der Waals surface area contributed by atoms with Gasteiger partial charge in [-0.05, 0) is 25.5 Å². The Hall–Kier alpha value is -5.76. The van der Waals surface area contributed by atoms with E-state index in [1.54, 1.807) is 26.2 Å². The van der Waals surface area contributed by atoms with Crippen molar-refractivity contribution >= 4 is 23.4 Å². The molecule has 0 radical (unpaired) electrons. The van der Waals surface area contributed by atoms with Gasteiger partial charge in [-0.2, -0.15) is 10.2 Å². The Morgan fingerprint density at radius 3 is 1.51 bits per heavy atom. The van der Waals surface area contributed by atoms with Crippen molar-refractivity contribution in [2.24, 2.45) is 9.98 Å². The summed E-state index contributed by atoms with van der Waals surface area (Å²) < 4.78 is 10.2. The lowest BCUT2D eigenvalue weighted by molar-refractivity contribution is -0.144. The highest BCUT2D eigenvalue weighted by atomic mass is 16.5. The molecule has 0 fully saturated rings. The topological polar surface area (TPSA) is 103 Å². The molecule has 1 unspecified atom stereocenters. The lowest BCUT2D eigenvalue weighted by atomic mass is 10.0. The minimum atomic E-state index is -0.662. The number of hydrogen-bond acceptors (Lipinski definition) is 8. The van der Waals surface area contributed by atoms with Crippen LogP contribution in [0.25, 0.3) is 0 Å². The maximum absolute atomic E-state index is 12.6. The number of benzene rings is 4. The first-order valence-corrected chi connectivity index (χ1v) is 15.5. The summed E-state index contributed by atoms with van der Waals surface area (Å²) in [4.78, 5) is 33.3. The number of aromatic nitrogens is 2. The Balaban J connectivity index is 0.000000223. The summed E-state index contributed by atoms with van der Waals surface area (Å²) in [6.07, 6.45) is 3.65. The highest BCUT2D eigenvalue weighted by Gasteiger charge is 2.22. The average molecular weight is 627 g/mol. The number of nitrogens with zero attached hydrogens (tertiary/aromatic N) is 4. The maximum atomic E-state index is 12.6. The van der Waals surface area contributed by atoms with E-state index in [-0.39, 0.29) is 18.5 Å². The van der Waals surface area contributed by atoms with Crippen LogP contribution in [0.1, 0.15) is 41.7 Å². The molecule has 0 bridgehead atoms. The lowest BCUT2D eigenvalue weighted by Crippen LogP contribution is -2.26. The van der Waals surface area contributed by atoms with Gasteiger partial charge in [-0.15, -0.1) is 0 Å². The minimum absolute atomic E-state index is 0.0347. The van der Waals surface area contributed by atoms with Gasteiger partial charge in [0.25, 0.3) is 0 Å². The zero-order chi connectivity index (χ0) is 33.1. The van der Waals surface area contributed by atoms with E-state index in [0.717, 1.165) is 39.2 Å². The smallest absolute Gasteiger partial charge is 0.331 e. The van der Waals surface area contributed by atoms with E-state index in [1.165, 1.54) is 0 Å². The molecule has 5 aromatic rings. The Bertz CT molecular complexity index is 1630. The Labute approximate surface area is 275 Å². The number of ether oxygens (including phenoxy) is 2. The van der Waals surface area contributed by atoms with Crippen molar-refractivity contribution < 1.29 is 19.1 Å². The monoisotopic (exact) mass is 626 g/mol. The molecule has 0 amide bonds. The van der Waals surface area contributed by atoms with Crippen LogP contribution < -0.4 is 0 Å². The van der Waals surface area contributed by atoms with E-state index in [4.69, 9.17) is 14.5 Å². The summed E-state index contributed by atoms with van der Waals surface area (Å²) in [5, 5.41) is 7.68. The average Bonchev–Trinajstić information content (AvgIpc) is 3.13. The first-order chi connectivity index (χ1) is 23.1. The molecule has 47 heavy (non-hydrogen) atoms. The van der Waals surface area contributed by atoms with Crippen LogP contribution in [0.2, 0.25) is 0 Å². The van der Waals surface area contributed by atoms with Gasteiger partial charge < -0.3 is 9.47 Å². The molecule has 8 nitrogen and oxygen atoms in total. The van der Waals surface area contributed by atoms with Crippen LogP contribution in [0.15, 0.2) is 150 Å². The second-order valence-corrected chi connectivity index (χ2v) is 10.1. The Kier molecular flexibility index (Phi) is 13.7. The van der Waals surface area contributed by atoms with E-state index < -0.39 is 6.04 Å². The third-order valence-corrected chi connectivity index (χ3v) is 6.78. The molecule has 0 saturated heterocycles. The second kappa shape index (κ2) is 18.9. The largest absolute Gasteiger partial charge is 0.465 e. The number of hydrogen-bond donors (Lipinski definition) is 0. The third-order valence-electron chi connectivity index (χ3n) is 6.78. The lowest BCUT2D eigenvalue weighted by Gasteiger charge is -2.15. The molecule has 0 aliphatic carbocycles. The van der Waals surface area contributed by atoms with Crippen molar-refractivity contribution in [1.29, 1.82) is 0 Å². The second-order valence-electron chi connectivity index (χ2n) is 10.1. The zero-order valence-corrected chi connectivity index (χ0v) is 26.6. The first kappa shape index (κ1) is 34.1. The summed E-state index contributed by atoms with van der Waals surface area (Å²) in [7, 11) is 0. The molecular formula is C39H38N4O4. The Morgan fingerprint density at radius 1 is 0.617 bits per heavy atom. The molecule has 5 rings (SSSR count). The summed E-state index contributed by atoms with van der Waals surface area (Å²) in [6.45, 7) is 4.30. The number of carbonyl (C=O) groups excluding carboxylic acids is 2. The van der Waals surface area contributed by atoms with Crippen molar-refractivity contribution in [3.8, 4) is 0 Å². The maximum Gasteiger partial charge on any atom is 0.331 e. The van der Waals surface area contributed by atoms with Crippen LogP contribution in [-0.2, 0) is 25.5 Å². The van der Waals surface area contributed by atoms with E-state index in [2.05, 4.69) is 15.2 Å². The Morgan fingerprint density at radius 2 is 1.09 bits per heavy atom. The molecule has 0 spiro atoms. The quantitative estimate of drug-likeness (QED) is 0.115. The fourth-order valence-electron chi connectivity index (χ4n) is 4.64. The molecule has 0 saturated carbocycles. The van der Waals surface area contributed by atoms with Crippen LogP contribution in [-0.4, -0.2) is 59.4 Å². The van der Waals surface area contributed by atoms with Crippen molar-refractivity contribution in [2.75, 3.05) is 19.8 Å². The predicted molar refractivity (Wildman–Crippen MR) is 185 cm³/mol. The predicted octanol–water partition coefficient (Wildman–Crippen LogP) is 6.58. The van der Waals surface area contributed by atoms with Crippen LogP contribution in [0.3, 0.4) is 0 Å². The van der Waals surface area contributed by atoms with Crippen molar-refractivity contribution in [3.63, 3.8) is 0 Å². The zero-order valence-electron chi connectivity index (χ0n) is 26.6. The van der Waals surface area contributed by atoms with E-state index in [1.807, 2.05) is 127 Å². The summed E-state index contributed by atoms with van der Waals surface area (Å²) in [6, 6.07) is 40.5. The molecule has 0 aliphatic rings. The molecule has 1 aromatic heterocycles. The molecule has 0 aliphatic heterocycles. The molecule has 238 valence electrons. The van der Waals surface area contributed by atoms with Gasteiger partial charge >= 0.3 is 11.9 Å². The van der Waals surface area contributed by atoms with Gasteiger partial charge in [0.05, 0.1) is 30.8 Å². The van der Waals surface area contributed by atoms with Gasteiger partial charge in [-0.1, -0.05) is 121 Å². The van der Waals surface area contributed by atoms with E-state index >= 15 is 0 Å². The molecule has 0 N–H and O–H groups in total. The number of esters is 2. The number of aliphatic imine (C=N–C) groups is 2. The third kappa shape index (κ3) is 11.0. The highest BCUT2D eigenvalue weighted by molar-refractivity contribution is 6.14. The van der Waals surface area contributed by atoms with E-state index in [0.29, 0.717) is 19.6 Å². The van der Waals surface area contributed by atoms with Gasteiger partial charge in [-0.3, -0.25) is 14.8 Å². The fourth-order valence-corrected chi connectivity index (χ4v) is 4.64. The molecule has 1 atom stereocenters. The van der Waals surface area contributed by atoms with E-state index in [9.17, 15) is 9.59 Å². The van der Waals surface area contributed by atoms with Gasteiger partial charge in [0.15, 0.2) is 6.04 Å². The molecule has 1 heterocycles. The van der Waals surface area contributed by atoms with Crippen LogP contribution in [0.4, 0.5) is 0 Å². The van der Waals surface area contributed by atoms with Crippen molar-refractivity contribution in [2.45, 2.75) is 26.3 Å². The summed E-state index contributed by atoms with van der Waals surface area (Å²) in [5.41, 5.74) is 6.32. The van der Waals surface area contributed by atoms with Crippen LogP contribution in [0.5, 0.6) is 0 Å². The van der Waals surface area contributed by atoms with Gasteiger partial charge in [0.1, 0.15) is 6.54 Å². The summed E-state index contributed by atoms with van der Waals surface area (Å²) >= 11 is 0. The highest BCUT2D eigenvalue weighted by Crippen LogP contribution is 2.15. The minimum Gasteiger partial charge on any atom is -0.465 e. The molecular weight excluding hydrogens is 588 g/mol. The van der Waals surface area contributed by atoms with Gasteiger partial charge in [0, 0.05) is 34.9 Å². The van der Waals surface area contributed by atoms with Crippen LogP contribution >= 0.6 is 0 Å². The standard InChI is InChI=1S/C22H21N3O2.C17H17NO2/c1-2-27-22(26)20(15-17-13-14-23-24-16-17)25-21(18-9-5-3-6-10-18)19-11-7-4-8-12-19;1-2-20-16(19)13-18-17(14-9-5-3-6-10-14)15-11-7-4-8-12-15/h3-14,16,20H,2,15H2,1H3;3-12H,2,13H2,1H3.